The number of pyridine rings is 1. The Kier molecular flexibility index (Phi) is 6.08. The highest BCUT2D eigenvalue weighted by Crippen LogP contribution is 2.41. The number of H-pyrrole nitrogens is 1. The van der Waals surface area contributed by atoms with E-state index in [1.54, 1.807) is 27.4 Å². The fraction of sp³-hybridized carbons (Fsp3) is 0.360. The summed E-state index contributed by atoms with van der Waals surface area (Å²) >= 11 is 0. The fourth-order valence-corrected chi connectivity index (χ4v) is 4.43. The number of ether oxygens (including phenoxy) is 3. The molecule has 1 atom stereocenters. The predicted molar refractivity (Wildman–Crippen MR) is 123 cm³/mol. The zero-order valence-electron chi connectivity index (χ0n) is 18.9. The van der Waals surface area contributed by atoms with E-state index in [0.29, 0.717) is 47.7 Å². The maximum absolute atomic E-state index is 13.3. The quantitative estimate of drug-likeness (QED) is 0.635. The second kappa shape index (κ2) is 8.94. The average Bonchev–Trinajstić information content (AvgIpc) is 2.81. The van der Waals surface area contributed by atoms with Crippen LogP contribution in [0.1, 0.15) is 42.5 Å². The lowest BCUT2D eigenvalue weighted by Crippen LogP contribution is -2.42. The highest BCUT2D eigenvalue weighted by Gasteiger charge is 2.34. The maximum atomic E-state index is 13.3. The minimum Gasteiger partial charge on any atom is -0.497 e. The minimum atomic E-state index is -0.507. The number of fused-ring (bicyclic) bond motifs is 2. The summed E-state index contributed by atoms with van der Waals surface area (Å²) in [5, 5.41) is 0.871. The van der Waals surface area contributed by atoms with Crippen molar-refractivity contribution >= 4 is 16.8 Å². The van der Waals surface area contributed by atoms with E-state index in [1.165, 1.54) is 0 Å². The first-order valence-electron chi connectivity index (χ1n) is 10.8. The van der Waals surface area contributed by atoms with Crippen LogP contribution in [0.5, 0.6) is 17.2 Å². The van der Waals surface area contributed by atoms with Crippen molar-refractivity contribution in [3.05, 3.63) is 63.4 Å². The Labute approximate surface area is 186 Å². The van der Waals surface area contributed by atoms with Crippen molar-refractivity contribution in [1.29, 1.82) is 0 Å². The van der Waals surface area contributed by atoms with Gasteiger partial charge in [0, 0.05) is 24.6 Å². The molecule has 1 aliphatic heterocycles. The molecule has 1 amide bonds. The predicted octanol–water partition coefficient (Wildman–Crippen LogP) is 3.83. The van der Waals surface area contributed by atoms with Gasteiger partial charge in [-0.3, -0.25) is 9.59 Å². The lowest BCUT2D eigenvalue weighted by Gasteiger charge is -2.38. The van der Waals surface area contributed by atoms with Gasteiger partial charge in [0.25, 0.3) is 5.56 Å². The van der Waals surface area contributed by atoms with Gasteiger partial charge >= 0.3 is 0 Å². The van der Waals surface area contributed by atoms with Gasteiger partial charge in [-0.25, -0.2) is 0 Å². The number of hydrogen-bond donors (Lipinski definition) is 1. The normalized spacial score (nSPS) is 15.4. The number of benzene rings is 2. The van der Waals surface area contributed by atoms with Gasteiger partial charge in [-0.1, -0.05) is 6.92 Å². The molecule has 3 aromatic rings. The number of rotatable bonds is 6. The van der Waals surface area contributed by atoms with Crippen LogP contribution in [0.25, 0.3) is 10.9 Å². The fourth-order valence-electron chi connectivity index (χ4n) is 4.43. The Morgan fingerprint density at radius 3 is 2.47 bits per heavy atom. The van der Waals surface area contributed by atoms with Gasteiger partial charge in [0.1, 0.15) is 5.75 Å². The number of nitrogens with one attached hydrogen (secondary N) is 1. The average molecular weight is 437 g/mol. The summed E-state index contributed by atoms with van der Waals surface area (Å²) in [7, 11) is 4.77. The summed E-state index contributed by atoms with van der Waals surface area (Å²) in [5.74, 6) is 1.91. The topological polar surface area (TPSA) is 80.9 Å². The van der Waals surface area contributed by atoms with Gasteiger partial charge in [0.15, 0.2) is 11.5 Å². The summed E-state index contributed by atoms with van der Waals surface area (Å²) in [6.45, 7) is 2.51. The Bertz CT molecular complexity index is 1220. The van der Waals surface area contributed by atoms with E-state index in [9.17, 15) is 9.59 Å². The van der Waals surface area contributed by atoms with Crippen LogP contribution in [0.15, 0.2) is 41.2 Å². The van der Waals surface area contributed by atoms with E-state index >= 15 is 0 Å². The number of carbonyl (C=O) groups excluding carboxylic acids is 1. The number of aromatic amines is 1. The summed E-state index contributed by atoms with van der Waals surface area (Å²) < 4.78 is 16.3. The van der Waals surface area contributed by atoms with Gasteiger partial charge in [-0.2, -0.15) is 0 Å². The first-order valence-corrected chi connectivity index (χ1v) is 10.8. The van der Waals surface area contributed by atoms with Gasteiger partial charge in [-0.05, 0) is 59.7 Å². The SMILES string of the molecule is CCCC(=O)N1CCc2cc(OC)c(OC)cc2[C@H]1c1cc2ccc(OC)cc2[nH]c1=O. The van der Waals surface area contributed by atoms with Crippen LogP contribution in [0.3, 0.4) is 0 Å². The van der Waals surface area contributed by atoms with Gasteiger partial charge < -0.3 is 24.1 Å². The Hall–Kier alpha value is -3.48. The van der Waals surface area contributed by atoms with Crippen molar-refractivity contribution in [1.82, 2.24) is 9.88 Å². The van der Waals surface area contributed by atoms with Gasteiger partial charge in [0.05, 0.1) is 32.9 Å². The second-order valence-corrected chi connectivity index (χ2v) is 7.90. The van der Waals surface area contributed by atoms with Crippen LogP contribution >= 0.6 is 0 Å². The van der Waals surface area contributed by atoms with Crippen molar-refractivity contribution < 1.29 is 19.0 Å². The van der Waals surface area contributed by atoms with Crippen LogP contribution in [0, 0.1) is 0 Å². The molecule has 168 valence electrons. The third-order valence-electron chi connectivity index (χ3n) is 6.03. The summed E-state index contributed by atoms with van der Waals surface area (Å²) in [4.78, 5) is 31.1. The van der Waals surface area contributed by atoms with E-state index in [4.69, 9.17) is 14.2 Å². The molecule has 4 rings (SSSR count). The van der Waals surface area contributed by atoms with Crippen LogP contribution < -0.4 is 19.8 Å². The number of carbonyl (C=O) groups is 1. The number of methoxy groups -OCH3 is 3. The van der Waals surface area contributed by atoms with E-state index in [-0.39, 0.29) is 11.5 Å². The second-order valence-electron chi connectivity index (χ2n) is 7.90. The maximum Gasteiger partial charge on any atom is 0.254 e. The molecule has 32 heavy (non-hydrogen) atoms. The highest BCUT2D eigenvalue weighted by atomic mass is 16.5. The summed E-state index contributed by atoms with van der Waals surface area (Å²) in [5.41, 5.74) is 2.92. The first-order chi connectivity index (χ1) is 15.5. The van der Waals surface area contributed by atoms with Crippen LogP contribution in [-0.4, -0.2) is 43.7 Å². The zero-order valence-corrected chi connectivity index (χ0v) is 18.9. The molecule has 0 bridgehead atoms. The number of hydrogen-bond acceptors (Lipinski definition) is 5. The Balaban J connectivity index is 1.93. The van der Waals surface area contributed by atoms with E-state index in [2.05, 4.69) is 4.98 Å². The molecular formula is C25H28N2O5. The molecule has 7 nitrogen and oxygen atoms in total. The molecule has 0 fully saturated rings. The lowest BCUT2D eigenvalue weighted by atomic mass is 9.87. The Morgan fingerprint density at radius 1 is 1.03 bits per heavy atom. The molecular weight excluding hydrogens is 408 g/mol. The molecule has 1 N–H and O–H groups in total. The van der Waals surface area contributed by atoms with Gasteiger partial charge in [0.2, 0.25) is 5.91 Å². The van der Waals surface area contributed by atoms with E-state index < -0.39 is 6.04 Å². The summed E-state index contributed by atoms with van der Waals surface area (Å²) in [6, 6.07) is 10.8. The van der Waals surface area contributed by atoms with Crippen molar-refractivity contribution in [3.8, 4) is 17.2 Å². The summed E-state index contributed by atoms with van der Waals surface area (Å²) in [6.07, 6.45) is 1.86. The van der Waals surface area contributed by atoms with E-state index in [0.717, 1.165) is 22.9 Å². The molecule has 1 aromatic heterocycles. The van der Waals surface area contributed by atoms with Crippen molar-refractivity contribution in [2.45, 2.75) is 32.2 Å². The van der Waals surface area contributed by atoms with E-state index in [1.807, 2.05) is 42.2 Å². The standard InChI is InChI=1S/C25H28N2O5/c1-5-6-23(28)27-10-9-15-12-21(31-3)22(32-4)14-18(15)24(27)19-11-16-7-8-17(30-2)13-20(16)26-25(19)29/h7-8,11-14,24H,5-6,9-10H2,1-4H3,(H,26,29)/t24-/m0/s1. The van der Waals surface area contributed by atoms with Crippen LogP contribution in [-0.2, 0) is 11.2 Å². The largest absolute Gasteiger partial charge is 0.497 e. The third kappa shape index (κ3) is 3.79. The van der Waals surface area contributed by atoms with Crippen LogP contribution in [0.4, 0.5) is 0 Å². The van der Waals surface area contributed by atoms with Crippen molar-refractivity contribution in [2.75, 3.05) is 27.9 Å². The third-order valence-corrected chi connectivity index (χ3v) is 6.03. The van der Waals surface area contributed by atoms with Crippen LogP contribution in [0.2, 0.25) is 0 Å². The van der Waals surface area contributed by atoms with Gasteiger partial charge in [-0.15, -0.1) is 0 Å². The first kappa shape index (κ1) is 21.7. The molecule has 0 saturated carbocycles. The smallest absolute Gasteiger partial charge is 0.254 e. The zero-order chi connectivity index (χ0) is 22.8. The number of nitrogens with zero attached hydrogens (tertiary/aromatic N) is 1. The molecule has 0 aliphatic carbocycles. The molecule has 0 spiro atoms. The molecule has 1 aliphatic rings. The number of aromatic nitrogens is 1. The minimum absolute atomic E-state index is 0.0344. The van der Waals surface area contributed by atoms with Crippen molar-refractivity contribution in [3.63, 3.8) is 0 Å². The molecule has 2 aromatic carbocycles. The molecule has 2 heterocycles. The Morgan fingerprint density at radius 2 is 1.78 bits per heavy atom. The molecule has 7 heteroatoms. The lowest BCUT2D eigenvalue weighted by molar-refractivity contribution is -0.133. The monoisotopic (exact) mass is 436 g/mol. The molecule has 0 radical (unpaired) electrons. The molecule has 0 unspecified atom stereocenters. The molecule has 0 saturated heterocycles. The number of amides is 1. The van der Waals surface area contributed by atoms with Crippen molar-refractivity contribution in [2.24, 2.45) is 0 Å². The highest BCUT2D eigenvalue weighted by molar-refractivity contribution is 5.82.